The maximum absolute atomic E-state index is 5.92. The third-order valence-electron chi connectivity index (χ3n) is 3.09. The maximum Gasteiger partial charge on any atom is 0.142 e. The first-order valence-electron chi connectivity index (χ1n) is 6.58. The van der Waals surface area contributed by atoms with Gasteiger partial charge < -0.3 is 20.5 Å². The minimum absolute atomic E-state index is 0.607. The second kappa shape index (κ2) is 6.19. The molecule has 0 amide bonds. The quantitative estimate of drug-likeness (QED) is 0.819. The average molecular weight is 272 g/mol. The Morgan fingerprint density at radius 2 is 1.90 bits per heavy atom. The standard InChI is InChI=1S/C16H20N2O2/c1-4-20-14-9-8-11(17)10-13(14)12-6-5-7-15(19-3)16(12)18-2/h5-10,18H,4,17H2,1-3H3. The van der Waals surface area contributed by atoms with Crippen LogP contribution in [0.3, 0.4) is 0 Å². The molecule has 20 heavy (non-hydrogen) atoms. The Morgan fingerprint density at radius 3 is 2.55 bits per heavy atom. The molecule has 0 unspecified atom stereocenters. The monoisotopic (exact) mass is 272 g/mol. The molecule has 3 N–H and O–H groups in total. The molecule has 2 rings (SSSR count). The summed E-state index contributed by atoms with van der Waals surface area (Å²) < 4.78 is 11.1. The SMILES string of the molecule is CCOc1ccc(N)cc1-c1cccc(OC)c1NC. The number of nitrogen functional groups attached to an aromatic ring is 1. The zero-order chi connectivity index (χ0) is 14.5. The molecule has 0 atom stereocenters. The van der Waals surface area contributed by atoms with Crippen LogP contribution in [0.5, 0.6) is 11.5 Å². The Balaban J connectivity index is 2.64. The Labute approximate surface area is 119 Å². The highest BCUT2D eigenvalue weighted by molar-refractivity contribution is 5.86. The van der Waals surface area contributed by atoms with Gasteiger partial charge in [0.05, 0.1) is 19.4 Å². The molecule has 0 saturated carbocycles. The van der Waals surface area contributed by atoms with Gasteiger partial charge in [0.1, 0.15) is 11.5 Å². The fraction of sp³-hybridized carbons (Fsp3) is 0.250. The summed E-state index contributed by atoms with van der Waals surface area (Å²) in [5, 5.41) is 3.18. The second-order valence-electron chi connectivity index (χ2n) is 4.32. The van der Waals surface area contributed by atoms with Crippen molar-refractivity contribution in [1.29, 1.82) is 0 Å². The fourth-order valence-electron chi connectivity index (χ4n) is 2.22. The lowest BCUT2D eigenvalue weighted by atomic mass is 10.0. The van der Waals surface area contributed by atoms with Gasteiger partial charge >= 0.3 is 0 Å². The highest BCUT2D eigenvalue weighted by atomic mass is 16.5. The number of rotatable bonds is 5. The van der Waals surface area contributed by atoms with Crippen LogP contribution in [0.2, 0.25) is 0 Å². The van der Waals surface area contributed by atoms with Crippen molar-refractivity contribution in [3.63, 3.8) is 0 Å². The van der Waals surface area contributed by atoms with Crippen LogP contribution in [0, 0.1) is 0 Å². The van der Waals surface area contributed by atoms with Crippen molar-refractivity contribution >= 4 is 11.4 Å². The molecule has 4 heteroatoms. The van der Waals surface area contributed by atoms with E-state index in [9.17, 15) is 0 Å². The second-order valence-corrected chi connectivity index (χ2v) is 4.32. The predicted molar refractivity (Wildman–Crippen MR) is 83.6 cm³/mol. The summed E-state index contributed by atoms with van der Waals surface area (Å²) in [6.07, 6.45) is 0. The van der Waals surface area contributed by atoms with Crippen LogP contribution in [0.4, 0.5) is 11.4 Å². The lowest BCUT2D eigenvalue weighted by molar-refractivity contribution is 0.341. The molecular formula is C16H20N2O2. The number of para-hydroxylation sites is 1. The maximum atomic E-state index is 5.92. The highest BCUT2D eigenvalue weighted by Gasteiger charge is 2.14. The summed E-state index contributed by atoms with van der Waals surface area (Å²) in [4.78, 5) is 0. The van der Waals surface area contributed by atoms with Gasteiger partial charge in [-0.05, 0) is 31.2 Å². The summed E-state index contributed by atoms with van der Waals surface area (Å²) >= 11 is 0. The molecule has 0 spiro atoms. The Morgan fingerprint density at radius 1 is 1.10 bits per heavy atom. The molecule has 0 bridgehead atoms. The molecule has 2 aromatic carbocycles. The number of anilines is 2. The third-order valence-corrected chi connectivity index (χ3v) is 3.09. The number of hydrogen-bond donors (Lipinski definition) is 2. The fourth-order valence-corrected chi connectivity index (χ4v) is 2.22. The van der Waals surface area contributed by atoms with Crippen LogP contribution in [0.15, 0.2) is 36.4 Å². The molecule has 0 fully saturated rings. The van der Waals surface area contributed by atoms with E-state index in [2.05, 4.69) is 5.32 Å². The highest BCUT2D eigenvalue weighted by Crippen LogP contribution is 2.40. The van der Waals surface area contributed by atoms with Gasteiger partial charge in [-0.3, -0.25) is 0 Å². The average Bonchev–Trinajstić information content (AvgIpc) is 2.48. The van der Waals surface area contributed by atoms with Gasteiger partial charge in [0.25, 0.3) is 0 Å². The van der Waals surface area contributed by atoms with Crippen LogP contribution in [-0.4, -0.2) is 20.8 Å². The van der Waals surface area contributed by atoms with Gasteiger partial charge in [0.15, 0.2) is 0 Å². The first-order valence-corrected chi connectivity index (χ1v) is 6.58. The lowest BCUT2D eigenvalue weighted by Crippen LogP contribution is -2.00. The molecule has 0 radical (unpaired) electrons. The smallest absolute Gasteiger partial charge is 0.142 e. The largest absolute Gasteiger partial charge is 0.495 e. The van der Waals surface area contributed by atoms with Crippen molar-refractivity contribution in [3.05, 3.63) is 36.4 Å². The lowest BCUT2D eigenvalue weighted by Gasteiger charge is -2.16. The summed E-state index contributed by atoms with van der Waals surface area (Å²) in [6, 6.07) is 11.5. The van der Waals surface area contributed by atoms with Crippen molar-refractivity contribution in [2.45, 2.75) is 6.92 Å². The van der Waals surface area contributed by atoms with Crippen LogP contribution in [0.25, 0.3) is 11.1 Å². The van der Waals surface area contributed by atoms with E-state index in [1.54, 1.807) is 7.11 Å². The zero-order valence-electron chi connectivity index (χ0n) is 12.1. The molecule has 4 nitrogen and oxygen atoms in total. The minimum atomic E-state index is 0.607. The first-order chi connectivity index (χ1) is 9.71. The van der Waals surface area contributed by atoms with E-state index >= 15 is 0 Å². The van der Waals surface area contributed by atoms with Gasteiger partial charge in [0, 0.05) is 23.9 Å². The molecular weight excluding hydrogens is 252 g/mol. The van der Waals surface area contributed by atoms with E-state index in [0.717, 1.165) is 28.3 Å². The Bertz CT molecular complexity index is 597. The molecule has 0 aliphatic rings. The van der Waals surface area contributed by atoms with Gasteiger partial charge in [-0.15, -0.1) is 0 Å². The van der Waals surface area contributed by atoms with Gasteiger partial charge in [-0.2, -0.15) is 0 Å². The number of nitrogens with two attached hydrogens (primary N) is 1. The number of ether oxygens (including phenoxy) is 2. The number of hydrogen-bond acceptors (Lipinski definition) is 4. The Kier molecular flexibility index (Phi) is 4.35. The van der Waals surface area contributed by atoms with Crippen molar-refractivity contribution in [1.82, 2.24) is 0 Å². The molecule has 0 aliphatic heterocycles. The predicted octanol–water partition coefficient (Wildman–Crippen LogP) is 3.38. The number of nitrogens with one attached hydrogen (secondary N) is 1. The van der Waals surface area contributed by atoms with E-state index in [4.69, 9.17) is 15.2 Å². The van der Waals surface area contributed by atoms with Crippen LogP contribution >= 0.6 is 0 Å². The van der Waals surface area contributed by atoms with Crippen molar-refractivity contribution in [2.24, 2.45) is 0 Å². The molecule has 0 aliphatic carbocycles. The topological polar surface area (TPSA) is 56.5 Å². The Hall–Kier alpha value is -2.36. The van der Waals surface area contributed by atoms with E-state index in [0.29, 0.717) is 12.3 Å². The van der Waals surface area contributed by atoms with Gasteiger partial charge in [-0.1, -0.05) is 12.1 Å². The van der Waals surface area contributed by atoms with E-state index < -0.39 is 0 Å². The third kappa shape index (κ3) is 2.64. The van der Waals surface area contributed by atoms with Crippen LogP contribution in [0.1, 0.15) is 6.92 Å². The van der Waals surface area contributed by atoms with Crippen LogP contribution in [-0.2, 0) is 0 Å². The molecule has 0 heterocycles. The summed E-state index contributed by atoms with van der Waals surface area (Å²) in [5.41, 5.74) is 9.49. The van der Waals surface area contributed by atoms with Crippen molar-refractivity contribution in [2.75, 3.05) is 31.8 Å². The minimum Gasteiger partial charge on any atom is -0.495 e. The van der Waals surface area contributed by atoms with Crippen molar-refractivity contribution in [3.8, 4) is 22.6 Å². The molecule has 0 aromatic heterocycles. The van der Waals surface area contributed by atoms with Gasteiger partial charge in [-0.25, -0.2) is 0 Å². The van der Waals surface area contributed by atoms with Crippen LogP contribution < -0.4 is 20.5 Å². The molecule has 106 valence electrons. The zero-order valence-corrected chi connectivity index (χ0v) is 12.1. The van der Waals surface area contributed by atoms with Gasteiger partial charge in [0.2, 0.25) is 0 Å². The first kappa shape index (κ1) is 14.1. The number of methoxy groups -OCH3 is 1. The normalized spacial score (nSPS) is 10.2. The van der Waals surface area contributed by atoms with Crippen molar-refractivity contribution < 1.29 is 9.47 Å². The summed E-state index contributed by atoms with van der Waals surface area (Å²) in [5.74, 6) is 1.60. The molecule has 2 aromatic rings. The van der Waals surface area contributed by atoms with E-state index in [-0.39, 0.29) is 0 Å². The van der Waals surface area contributed by atoms with E-state index in [1.807, 2.05) is 50.4 Å². The molecule has 0 saturated heterocycles. The summed E-state index contributed by atoms with van der Waals surface area (Å²) in [6.45, 7) is 2.57. The summed E-state index contributed by atoms with van der Waals surface area (Å²) in [7, 11) is 3.52. The number of benzene rings is 2. The van der Waals surface area contributed by atoms with E-state index in [1.165, 1.54) is 0 Å².